The maximum Gasteiger partial charge on any atom is 0.0678 e. The summed E-state index contributed by atoms with van der Waals surface area (Å²) in [4.78, 5) is 0. The van der Waals surface area contributed by atoms with Crippen LogP contribution in [0.4, 0.5) is 0 Å². The van der Waals surface area contributed by atoms with Crippen LogP contribution < -0.4 is 5.32 Å². The Morgan fingerprint density at radius 3 is 2.53 bits per heavy atom. The van der Waals surface area contributed by atoms with Gasteiger partial charge in [0.05, 0.1) is 11.9 Å². The van der Waals surface area contributed by atoms with Gasteiger partial charge < -0.3 is 5.32 Å². The predicted molar refractivity (Wildman–Crippen MR) is 80.3 cm³/mol. The van der Waals surface area contributed by atoms with Crippen molar-refractivity contribution in [3.05, 3.63) is 45.7 Å². The molecular weight excluding hydrogens is 281 g/mol. The molecule has 0 aliphatic rings. The number of halogens is 2. The van der Waals surface area contributed by atoms with Gasteiger partial charge in [-0.3, -0.25) is 0 Å². The van der Waals surface area contributed by atoms with Crippen LogP contribution in [0.2, 0.25) is 10.0 Å². The highest BCUT2D eigenvalue weighted by atomic mass is 35.5. The average molecular weight is 298 g/mol. The van der Waals surface area contributed by atoms with Crippen molar-refractivity contribution in [1.29, 1.82) is 0 Å². The fraction of sp³-hybridized carbons (Fsp3) is 0.357. The molecule has 1 aromatic carbocycles. The van der Waals surface area contributed by atoms with Crippen LogP contribution in [-0.4, -0.2) is 16.3 Å². The van der Waals surface area contributed by atoms with E-state index in [1.807, 2.05) is 29.9 Å². The Morgan fingerprint density at radius 2 is 1.89 bits per heavy atom. The molecule has 0 unspecified atom stereocenters. The Hall–Kier alpha value is -1.03. The Bertz CT molecular complexity index is 544. The summed E-state index contributed by atoms with van der Waals surface area (Å²) in [5, 5.41) is 9.01. The maximum absolute atomic E-state index is 6.02. The van der Waals surface area contributed by atoms with Crippen LogP contribution in [0.15, 0.2) is 24.4 Å². The highest BCUT2D eigenvalue weighted by Gasteiger charge is 2.09. The summed E-state index contributed by atoms with van der Waals surface area (Å²) in [6, 6.07) is 5.43. The lowest BCUT2D eigenvalue weighted by Gasteiger charge is -2.07. The van der Waals surface area contributed by atoms with Crippen LogP contribution in [0.3, 0.4) is 0 Å². The van der Waals surface area contributed by atoms with Crippen molar-refractivity contribution in [1.82, 2.24) is 15.1 Å². The normalized spacial score (nSPS) is 10.9. The van der Waals surface area contributed by atoms with E-state index in [1.165, 1.54) is 5.56 Å². The molecule has 2 aromatic rings. The highest BCUT2D eigenvalue weighted by Crippen LogP contribution is 2.23. The van der Waals surface area contributed by atoms with Crippen LogP contribution in [0, 0.1) is 6.92 Å². The van der Waals surface area contributed by atoms with E-state index in [9.17, 15) is 0 Å². The number of aromatic nitrogens is 2. The van der Waals surface area contributed by atoms with E-state index >= 15 is 0 Å². The molecule has 0 radical (unpaired) electrons. The van der Waals surface area contributed by atoms with Crippen LogP contribution in [0.25, 0.3) is 5.69 Å². The van der Waals surface area contributed by atoms with Gasteiger partial charge in [0, 0.05) is 27.8 Å². The summed E-state index contributed by atoms with van der Waals surface area (Å²) in [5.41, 5.74) is 3.17. The lowest BCUT2D eigenvalue weighted by Crippen LogP contribution is -2.14. The molecule has 0 aliphatic heterocycles. The summed E-state index contributed by atoms with van der Waals surface area (Å²) >= 11 is 12.0. The first-order valence-corrected chi connectivity index (χ1v) is 7.08. The third-order valence-electron chi connectivity index (χ3n) is 2.95. The topological polar surface area (TPSA) is 29.9 Å². The smallest absolute Gasteiger partial charge is 0.0678 e. The molecule has 0 saturated carbocycles. The van der Waals surface area contributed by atoms with Gasteiger partial charge in [-0.2, -0.15) is 5.10 Å². The van der Waals surface area contributed by atoms with E-state index < -0.39 is 0 Å². The van der Waals surface area contributed by atoms with Gasteiger partial charge in [-0.05, 0) is 38.1 Å². The van der Waals surface area contributed by atoms with Crippen molar-refractivity contribution >= 4 is 23.2 Å². The number of hydrogen-bond donors (Lipinski definition) is 1. The molecule has 0 saturated heterocycles. The van der Waals surface area contributed by atoms with Gasteiger partial charge in [0.2, 0.25) is 0 Å². The van der Waals surface area contributed by atoms with E-state index in [4.69, 9.17) is 23.2 Å². The molecule has 0 atom stereocenters. The summed E-state index contributed by atoms with van der Waals surface area (Å²) in [5.74, 6) is 0. The molecule has 5 heteroatoms. The number of nitrogens with one attached hydrogen (secondary N) is 1. The van der Waals surface area contributed by atoms with Gasteiger partial charge in [0.15, 0.2) is 0 Å². The predicted octanol–water partition coefficient (Wildman–Crippen LogP) is 3.99. The Balaban J connectivity index is 2.25. The first-order valence-electron chi connectivity index (χ1n) is 6.32. The van der Waals surface area contributed by atoms with E-state index in [1.54, 1.807) is 6.07 Å². The fourth-order valence-electron chi connectivity index (χ4n) is 1.94. The van der Waals surface area contributed by atoms with Gasteiger partial charge in [-0.15, -0.1) is 0 Å². The third kappa shape index (κ3) is 3.50. The largest absolute Gasteiger partial charge is 0.313 e. The molecular formula is C14H17Cl2N3. The highest BCUT2D eigenvalue weighted by molar-refractivity contribution is 6.34. The van der Waals surface area contributed by atoms with E-state index in [2.05, 4.69) is 17.3 Å². The first kappa shape index (κ1) is 14.4. The Kier molecular flexibility index (Phi) is 4.86. The minimum atomic E-state index is 0.614. The molecule has 1 heterocycles. The zero-order chi connectivity index (χ0) is 13.8. The van der Waals surface area contributed by atoms with Crippen molar-refractivity contribution in [3.8, 4) is 5.69 Å². The SMILES string of the molecule is CCCNCc1cnn(-c2cc(Cl)cc(Cl)c2)c1C. The number of rotatable bonds is 5. The zero-order valence-corrected chi connectivity index (χ0v) is 12.6. The third-order valence-corrected chi connectivity index (χ3v) is 3.38. The molecule has 2 rings (SSSR count). The molecule has 1 N–H and O–H groups in total. The van der Waals surface area contributed by atoms with E-state index in [0.717, 1.165) is 30.9 Å². The molecule has 1 aromatic heterocycles. The van der Waals surface area contributed by atoms with Crippen LogP contribution in [-0.2, 0) is 6.54 Å². The molecule has 0 bridgehead atoms. The molecule has 0 fully saturated rings. The van der Waals surface area contributed by atoms with E-state index in [-0.39, 0.29) is 0 Å². The van der Waals surface area contributed by atoms with Crippen molar-refractivity contribution in [2.45, 2.75) is 26.8 Å². The molecule has 19 heavy (non-hydrogen) atoms. The van der Waals surface area contributed by atoms with Crippen molar-refractivity contribution in [3.63, 3.8) is 0 Å². The molecule has 3 nitrogen and oxygen atoms in total. The van der Waals surface area contributed by atoms with Gasteiger partial charge >= 0.3 is 0 Å². The minimum Gasteiger partial charge on any atom is -0.313 e. The summed E-state index contributed by atoms with van der Waals surface area (Å²) in [7, 11) is 0. The number of nitrogens with zero attached hydrogens (tertiary/aromatic N) is 2. The van der Waals surface area contributed by atoms with Crippen molar-refractivity contribution in [2.75, 3.05) is 6.54 Å². The van der Waals surface area contributed by atoms with Crippen molar-refractivity contribution in [2.24, 2.45) is 0 Å². The summed E-state index contributed by atoms with van der Waals surface area (Å²) < 4.78 is 1.86. The van der Waals surface area contributed by atoms with Crippen LogP contribution in [0.1, 0.15) is 24.6 Å². The average Bonchev–Trinajstić information content (AvgIpc) is 2.70. The van der Waals surface area contributed by atoms with Gasteiger partial charge in [-0.1, -0.05) is 30.1 Å². The Labute approximate surface area is 123 Å². The molecule has 0 spiro atoms. The second-order valence-corrected chi connectivity index (χ2v) is 5.34. The molecule has 0 amide bonds. The minimum absolute atomic E-state index is 0.614. The van der Waals surface area contributed by atoms with E-state index in [0.29, 0.717) is 10.0 Å². The zero-order valence-electron chi connectivity index (χ0n) is 11.1. The van der Waals surface area contributed by atoms with Crippen molar-refractivity contribution < 1.29 is 0 Å². The molecule has 102 valence electrons. The number of hydrogen-bond acceptors (Lipinski definition) is 2. The van der Waals surface area contributed by atoms with Gasteiger partial charge in [0.25, 0.3) is 0 Å². The fourth-order valence-corrected chi connectivity index (χ4v) is 2.45. The Morgan fingerprint density at radius 1 is 1.21 bits per heavy atom. The maximum atomic E-state index is 6.02. The van der Waals surface area contributed by atoms with Crippen LogP contribution in [0.5, 0.6) is 0 Å². The molecule has 0 aliphatic carbocycles. The second-order valence-electron chi connectivity index (χ2n) is 4.47. The monoisotopic (exact) mass is 297 g/mol. The lowest BCUT2D eigenvalue weighted by molar-refractivity contribution is 0.672. The quantitative estimate of drug-likeness (QED) is 0.846. The first-order chi connectivity index (χ1) is 9.11. The van der Waals surface area contributed by atoms with Gasteiger partial charge in [-0.25, -0.2) is 4.68 Å². The summed E-state index contributed by atoms with van der Waals surface area (Å²) in [6.45, 7) is 6.03. The summed E-state index contributed by atoms with van der Waals surface area (Å²) in [6.07, 6.45) is 3.00. The van der Waals surface area contributed by atoms with Gasteiger partial charge in [0.1, 0.15) is 0 Å². The lowest BCUT2D eigenvalue weighted by atomic mass is 10.2. The second kappa shape index (κ2) is 6.42. The number of benzene rings is 1. The van der Waals surface area contributed by atoms with Crippen LogP contribution >= 0.6 is 23.2 Å². The standard InChI is InChI=1S/C14H17Cl2N3/c1-3-4-17-8-11-9-18-19(10(11)2)14-6-12(15)5-13(16)7-14/h5-7,9,17H,3-4,8H2,1-2H3.